The molecule has 114 valence electrons. The fourth-order valence-corrected chi connectivity index (χ4v) is 5.63. The summed E-state index contributed by atoms with van der Waals surface area (Å²) in [4.78, 5) is 11.2. The molecule has 4 aliphatic rings. The summed E-state index contributed by atoms with van der Waals surface area (Å²) in [5.41, 5.74) is 6.63. The SMILES string of the molecule is NCc1c(C(=O)O)nnn1CC12CC3CC(CC(C3)C1)C2. The summed E-state index contributed by atoms with van der Waals surface area (Å²) in [5.74, 6) is 1.59. The van der Waals surface area contributed by atoms with Crippen LogP contribution in [0.4, 0.5) is 0 Å². The number of nitrogens with two attached hydrogens (primary N) is 1. The van der Waals surface area contributed by atoms with E-state index >= 15 is 0 Å². The molecule has 1 heterocycles. The molecule has 21 heavy (non-hydrogen) atoms. The molecule has 4 aliphatic carbocycles. The summed E-state index contributed by atoms with van der Waals surface area (Å²) < 4.78 is 1.77. The van der Waals surface area contributed by atoms with Crippen molar-refractivity contribution >= 4 is 5.97 Å². The van der Waals surface area contributed by atoms with E-state index in [9.17, 15) is 4.79 Å². The quantitative estimate of drug-likeness (QED) is 0.879. The van der Waals surface area contributed by atoms with Crippen LogP contribution in [0.1, 0.15) is 54.7 Å². The molecule has 3 N–H and O–H groups in total. The summed E-state index contributed by atoms with van der Waals surface area (Å²) >= 11 is 0. The first-order chi connectivity index (χ1) is 10.1. The molecule has 0 unspecified atom stereocenters. The molecule has 0 aliphatic heterocycles. The Hall–Kier alpha value is -1.43. The number of nitrogens with zero attached hydrogens (tertiary/aromatic N) is 3. The molecule has 4 bridgehead atoms. The molecule has 4 saturated carbocycles. The minimum absolute atomic E-state index is 0.0160. The van der Waals surface area contributed by atoms with E-state index in [1.165, 1.54) is 38.5 Å². The maximum Gasteiger partial charge on any atom is 0.358 e. The highest BCUT2D eigenvalue weighted by atomic mass is 16.4. The highest BCUT2D eigenvalue weighted by Gasteiger charge is 2.51. The number of carboxylic acids is 1. The second-order valence-corrected chi connectivity index (χ2v) is 7.47. The van der Waals surface area contributed by atoms with Crippen LogP contribution in [-0.2, 0) is 13.1 Å². The Balaban J connectivity index is 1.63. The average Bonchev–Trinajstić information content (AvgIpc) is 2.79. The summed E-state index contributed by atoms with van der Waals surface area (Å²) in [6, 6.07) is 0. The molecule has 1 aromatic heterocycles. The van der Waals surface area contributed by atoms with Gasteiger partial charge in [-0.2, -0.15) is 0 Å². The number of hydrogen-bond donors (Lipinski definition) is 2. The Morgan fingerprint density at radius 3 is 2.29 bits per heavy atom. The van der Waals surface area contributed by atoms with E-state index in [0.717, 1.165) is 24.3 Å². The average molecular weight is 290 g/mol. The van der Waals surface area contributed by atoms with E-state index < -0.39 is 5.97 Å². The van der Waals surface area contributed by atoms with Crippen molar-refractivity contribution in [3.8, 4) is 0 Å². The lowest BCUT2D eigenvalue weighted by atomic mass is 9.49. The van der Waals surface area contributed by atoms with Gasteiger partial charge in [0, 0.05) is 13.1 Å². The number of rotatable bonds is 4. The van der Waals surface area contributed by atoms with Crippen LogP contribution in [0.3, 0.4) is 0 Å². The van der Waals surface area contributed by atoms with Gasteiger partial charge in [0.2, 0.25) is 0 Å². The van der Waals surface area contributed by atoms with Crippen molar-refractivity contribution < 1.29 is 9.90 Å². The van der Waals surface area contributed by atoms with Crippen molar-refractivity contribution in [2.24, 2.45) is 28.9 Å². The van der Waals surface area contributed by atoms with E-state index in [-0.39, 0.29) is 12.2 Å². The maximum absolute atomic E-state index is 11.2. The fourth-order valence-electron chi connectivity index (χ4n) is 5.63. The predicted molar refractivity (Wildman–Crippen MR) is 75.5 cm³/mol. The highest BCUT2D eigenvalue weighted by Crippen LogP contribution is 2.60. The third-order valence-corrected chi connectivity index (χ3v) is 5.88. The highest BCUT2D eigenvalue weighted by molar-refractivity contribution is 5.86. The second-order valence-electron chi connectivity index (χ2n) is 7.47. The van der Waals surface area contributed by atoms with Gasteiger partial charge in [-0.3, -0.25) is 0 Å². The van der Waals surface area contributed by atoms with Gasteiger partial charge in [0.15, 0.2) is 5.69 Å². The molecule has 0 saturated heterocycles. The van der Waals surface area contributed by atoms with Crippen LogP contribution in [0, 0.1) is 23.2 Å². The predicted octanol–water partition coefficient (Wildman–Crippen LogP) is 1.65. The van der Waals surface area contributed by atoms with E-state index in [2.05, 4.69) is 10.3 Å². The van der Waals surface area contributed by atoms with Crippen molar-refractivity contribution in [3.05, 3.63) is 11.4 Å². The maximum atomic E-state index is 11.2. The van der Waals surface area contributed by atoms with Crippen LogP contribution in [0.2, 0.25) is 0 Å². The van der Waals surface area contributed by atoms with E-state index in [0.29, 0.717) is 11.1 Å². The standard InChI is InChI=1S/C15H22N4O2/c16-7-12-13(14(20)21)17-18-19(12)8-15-4-9-1-10(5-15)3-11(2-9)6-15/h9-11H,1-8,16H2,(H,20,21). The van der Waals surface area contributed by atoms with Crippen LogP contribution < -0.4 is 5.73 Å². The Labute approximate surface area is 123 Å². The van der Waals surface area contributed by atoms with Gasteiger partial charge in [-0.05, 0) is 61.7 Å². The summed E-state index contributed by atoms with van der Waals surface area (Å²) in [5, 5.41) is 17.1. The minimum Gasteiger partial charge on any atom is -0.476 e. The Kier molecular flexibility index (Phi) is 2.86. The zero-order chi connectivity index (χ0) is 14.6. The van der Waals surface area contributed by atoms with Gasteiger partial charge >= 0.3 is 5.97 Å². The van der Waals surface area contributed by atoms with Gasteiger partial charge in [-0.1, -0.05) is 5.21 Å². The molecule has 0 aromatic carbocycles. The molecule has 0 spiro atoms. The van der Waals surface area contributed by atoms with Gasteiger partial charge in [0.25, 0.3) is 0 Å². The Bertz CT molecular complexity index is 545. The van der Waals surface area contributed by atoms with Crippen LogP contribution in [0.25, 0.3) is 0 Å². The number of aromatic carboxylic acids is 1. The number of carbonyl (C=O) groups is 1. The van der Waals surface area contributed by atoms with E-state index in [1.54, 1.807) is 4.68 Å². The first-order valence-corrected chi connectivity index (χ1v) is 7.94. The van der Waals surface area contributed by atoms with Crippen molar-refractivity contribution in [2.75, 3.05) is 0 Å². The van der Waals surface area contributed by atoms with Crippen LogP contribution in [-0.4, -0.2) is 26.1 Å². The first kappa shape index (κ1) is 13.2. The molecule has 0 amide bonds. The van der Waals surface area contributed by atoms with Crippen molar-refractivity contribution in [3.63, 3.8) is 0 Å². The third-order valence-electron chi connectivity index (χ3n) is 5.88. The summed E-state index contributed by atoms with van der Waals surface area (Å²) in [6.07, 6.45) is 8.02. The van der Waals surface area contributed by atoms with Gasteiger partial charge in [-0.25, -0.2) is 9.48 Å². The molecule has 1 aromatic rings. The molecule has 6 nitrogen and oxygen atoms in total. The fraction of sp³-hybridized carbons (Fsp3) is 0.800. The Morgan fingerprint density at radius 2 is 1.81 bits per heavy atom. The molecule has 4 fully saturated rings. The smallest absolute Gasteiger partial charge is 0.358 e. The molecular weight excluding hydrogens is 268 g/mol. The lowest BCUT2D eigenvalue weighted by molar-refractivity contribution is -0.0641. The number of carboxylic acid groups (broad SMARTS) is 1. The minimum atomic E-state index is -1.03. The largest absolute Gasteiger partial charge is 0.476 e. The van der Waals surface area contributed by atoms with Gasteiger partial charge < -0.3 is 10.8 Å². The van der Waals surface area contributed by atoms with Crippen molar-refractivity contribution in [1.29, 1.82) is 0 Å². The molecule has 5 rings (SSSR count). The molecular formula is C15H22N4O2. The van der Waals surface area contributed by atoms with E-state index in [1.807, 2.05) is 0 Å². The molecule has 0 radical (unpaired) electrons. The van der Waals surface area contributed by atoms with Gasteiger partial charge in [0.1, 0.15) is 0 Å². The first-order valence-electron chi connectivity index (χ1n) is 7.94. The van der Waals surface area contributed by atoms with Crippen molar-refractivity contribution in [2.45, 2.75) is 51.6 Å². The monoisotopic (exact) mass is 290 g/mol. The third kappa shape index (κ3) is 2.08. The number of hydrogen-bond acceptors (Lipinski definition) is 4. The van der Waals surface area contributed by atoms with Gasteiger partial charge in [0.05, 0.1) is 5.69 Å². The zero-order valence-corrected chi connectivity index (χ0v) is 12.2. The summed E-state index contributed by atoms with van der Waals surface area (Å²) in [6.45, 7) is 0.977. The normalized spacial score (nSPS) is 37.1. The van der Waals surface area contributed by atoms with E-state index in [4.69, 9.17) is 10.8 Å². The van der Waals surface area contributed by atoms with Crippen molar-refractivity contribution in [1.82, 2.24) is 15.0 Å². The molecule has 6 heteroatoms. The lowest BCUT2D eigenvalue weighted by Gasteiger charge is -2.56. The number of aromatic nitrogens is 3. The Morgan fingerprint density at radius 1 is 1.24 bits per heavy atom. The zero-order valence-electron chi connectivity index (χ0n) is 12.2. The van der Waals surface area contributed by atoms with Gasteiger partial charge in [-0.15, -0.1) is 5.10 Å². The topological polar surface area (TPSA) is 94.0 Å². The summed E-state index contributed by atoms with van der Waals surface area (Å²) in [7, 11) is 0. The second kappa shape index (κ2) is 4.53. The lowest BCUT2D eigenvalue weighted by Crippen LogP contribution is -2.48. The van der Waals surface area contributed by atoms with Crippen LogP contribution in [0.5, 0.6) is 0 Å². The molecule has 0 atom stereocenters. The van der Waals surface area contributed by atoms with Crippen LogP contribution in [0.15, 0.2) is 0 Å². The van der Waals surface area contributed by atoms with Crippen LogP contribution >= 0.6 is 0 Å².